The Labute approximate surface area is 89.0 Å². The Morgan fingerprint density at radius 1 is 1.40 bits per heavy atom. The zero-order valence-electron chi connectivity index (χ0n) is 8.94. The van der Waals surface area contributed by atoms with Crippen LogP contribution in [0.3, 0.4) is 0 Å². The second kappa shape index (κ2) is 4.13. The maximum Gasteiger partial charge on any atom is 0.148 e. The number of anilines is 1. The van der Waals surface area contributed by atoms with Gasteiger partial charge < -0.3 is 5.32 Å². The Kier molecular flexibility index (Phi) is 2.67. The minimum atomic E-state index is 0.712. The van der Waals surface area contributed by atoms with Gasteiger partial charge in [-0.2, -0.15) is 5.10 Å². The van der Waals surface area contributed by atoms with E-state index in [1.165, 1.54) is 5.56 Å². The van der Waals surface area contributed by atoms with Crippen LogP contribution in [0.4, 0.5) is 5.82 Å². The van der Waals surface area contributed by atoms with Crippen molar-refractivity contribution in [3.63, 3.8) is 0 Å². The number of nitrogens with one attached hydrogen (secondary N) is 1. The third-order valence-electron chi connectivity index (χ3n) is 2.27. The highest BCUT2D eigenvalue weighted by Crippen LogP contribution is 2.07. The quantitative estimate of drug-likeness (QED) is 0.824. The van der Waals surface area contributed by atoms with E-state index in [2.05, 4.69) is 28.4 Å². The first-order valence-corrected chi connectivity index (χ1v) is 4.90. The number of hydrogen-bond donors (Lipinski definition) is 1. The van der Waals surface area contributed by atoms with E-state index in [0.717, 1.165) is 11.5 Å². The molecule has 0 radical (unpaired) electrons. The van der Waals surface area contributed by atoms with Crippen molar-refractivity contribution in [2.45, 2.75) is 13.5 Å². The molecule has 0 atom stereocenters. The van der Waals surface area contributed by atoms with Gasteiger partial charge in [-0.1, -0.05) is 6.07 Å². The molecular formula is C11H14N4. The first-order valence-electron chi connectivity index (χ1n) is 4.90. The lowest BCUT2D eigenvalue weighted by Gasteiger charge is -2.04. The summed E-state index contributed by atoms with van der Waals surface area (Å²) in [5.41, 5.74) is 2.25. The van der Waals surface area contributed by atoms with E-state index in [0.29, 0.717) is 6.54 Å². The Bertz CT molecular complexity index is 447. The number of pyridine rings is 1. The van der Waals surface area contributed by atoms with Crippen molar-refractivity contribution in [2.24, 2.45) is 7.05 Å². The summed E-state index contributed by atoms with van der Waals surface area (Å²) in [6.45, 7) is 2.77. The van der Waals surface area contributed by atoms with Gasteiger partial charge >= 0.3 is 0 Å². The number of rotatable bonds is 3. The van der Waals surface area contributed by atoms with Gasteiger partial charge in [-0.25, -0.2) is 0 Å². The van der Waals surface area contributed by atoms with E-state index in [1.807, 2.05) is 31.6 Å². The van der Waals surface area contributed by atoms with Crippen LogP contribution in [-0.2, 0) is 13.6 Å². The molecule has 0 aliphatic heterocycles. The number of hydrogen-bond acceptors (Lipinski definition) is 3. The van der Waals surface area contributed by atoms with Gasteiger partial charge in [0.15, 0.2) is 0 Å². The Morgan fingerprint density at radius 3 is 2.93 bits per heavy atom. The summed E-state index contributed by atoms with van der Waals surface area (Å²) in [5.74, 6) is 0.877. The highest BCUT2D eigenvalue weighted by atomic mass is 15.3. The Balaban J connectivity index is 2.02. The predicted molar refractivity (Wildman–Crippen MR) is 59.5 cm³/mol. The fraction of sp³-hybridized carbons (Fsp3) is 0.273. The molecular weight excluding hydrogens is 188 g/mol. The minimum absolute atomic E-state index is 0.712. The summed E-state index contributed by atoms with van der Waals surface area (Å²) in [5, 5.41) is 7.46. The molecule has 0 aromatic carbocycles. The van der Waals surface area contributed by atoms with Gasteiger partial charge in [0, 0.05) is 25.5 Å². The third-order valence-corrected chi connectivity index (χ3v) is 2.27. The summed E-state index contributed by atoms with van der Waals surface area (Å²) in [6, 6.07) is 5.94. The van der Waals surface area contributed by atoms with Crippen molar-refractivity contribution in [3.8, 4) is 0 Å². The van der Waals surface area contributed by atoms with E-state index in [-0.39, 0.29) is 0 Å². The maximum atomic E-state index is 4.30. The van der Waals surface area contributed by atoms with Gasteiger partial charge in [-0.3, -0.25) is 9.67 Å². The maximum absolute atomic E-state index is 4.30. The molecule has 0 saturated heterocycles. The van der Waals surface area contributed by atoms with Crippen molar-refractivity contribution >= 4 is 5.82 Å². The molecule has 2 aromatic heterocycles. The van der Waals surface area contributed by atoms with E-state index in [9.17, 15) is 0 Å². The molecule has 2 heterocycles. The van der Waals surface area contributed by atoms with Crippen LogP contribution in [0, 0.1) is 6.92 Å². The lowest BCUT2D eigenvalue weighted by atomic mass is 10.2. The van der Waals surface area contributed by atoms with Crippen LogP contribution in [0.15, 0.2) is 30.6 Å². The highest BCUT2D eigenvalue weighted by molar-refractivity contribution is 5.33. The molecule has 0 saturated carbocycles. The molecule has 0 amide bonds. The van der Waals surface area contributed by atoms with Crippen LogP contribution in [0.2, 0.25) is 0 Å². The summed E-state index contributed by atoms with van der Waals surface area (Å²) < 4.78 is 1.77. The third kappa shape index (κ3) is 2.34. The normalized spacial score (nSPS) is 10.3. The molecule has 0 aliphatic rings. The smallest absolute Gasteiger partial charge is 0.148 e. The van der Waals surface area contributed by atoms with Gasteiger partial charge in [0.25, 0.3) is 0 Å². The SMILES string of the molecule is Cc1cccnc1CNc1ccn(C)n1. The standard InChI is InChI=1S/C11H14N4/c1-9-4-3-6-12-10(9)8-13-11-5-7-15(2)14-11/h3-7H,8H2,1-2H3,(H,13,14). The van der Waals surface area contributed by atoms with Gasteiger partial charge in [0.2, 0.25) is 0 Å². The van der Waals surface area contributed by atoms with Crippen molar-refractivity contribution in [1.82, 2.24) is 14.8 Å². The molecule has 0 fully saturated rings. The number of aryl methyl sites for hydroxylation is 2. The fourth-order valence-corrected chi connectivity index (χ4v) is 1.39. The first-order chi connectivity index (χ1) is 7.25. The molecule has 0 unspecified atom stereocenters. The molecule has 0 aliphatic carbocycles. The Morgan fingerprint density at radius 2 is 2.27 bits per heavy atom. The topological polar surface area (TPSA) is 42.7 Å². The lowest BCUT2D eigenvalue weighted by Crippen LogP contribution is -2.04. The molecule has 78 valence electrons. The molecule has 4 nitrogen and oxygen atoms in total. The number of aromatic nitrogens is 3. The molecule has 2 rings (SSSR count). The largest absolute Gasteiger partial charge is 0.363 e. The van der Waals surface area contributed by atoms with Crippen LogP contribution < -0.4 is 5.32 Å². The van der Waals surface area contributed by atoms with Crippen molar-refractivity contribution in [1.29, 1.82) is 0 Å². The van der Waals surface area contributed by atoms with Crippen LogP contribution >= 0.6 is 0 Å². The average Bonchev–Trinajstić information content (AvgIpc) is 2.63. The van der Waals surface area contributed by atoms with Crippen molar-refractivity contribution < 1.29 is 0 Å². The molecule has 0 spiro atoms. The second-order valence-corrected chi connectivity index (χ2v) is 3.50. The number of nitrogens with zero attached hydrogens (tertiary/aromatic N) is 3. The molecule has 4 heteroatoms. The summed E-state index contributed by atoms with van der Waals surface area (Å²) in [6.07, 6.45) is 3.72. The summed E-state index contributed by atoms with van der Waals surface area (Å²) in [7, 11) is 1.90. The molecule has 1 N–H and O–H groups in total. The molecule has 15 heavy (non-hydrogen) atoms. The van der Waals surface area contributed by atoms with Gasteiger partial charge in [0.1, 0.15) is 5.82 Å². The second-order valence-electron chi connectivity index (χ2n) is 3.50. The zero-order chi connectivity index (χ0) is 10.7. The van der Waals surface area contributed by atoms with Crippen LogP contribution in [0.1, 0.15) is 11.3 Å². The van der Waals surface area contributed by atoms with Gasteiger partial charge in [0.05, 0.1) is 12.2 Å². The monoisotopic (exact) mass is 202 g/mol. The zero-order valence-corrected chi connectivity index (χ0v) is 8.94. The van der Waals surface area contributed by atoms with Gasteiger partial charge in [-0.15, -0.1) is 0 Å². The van der Waals surface area contributed by atoms with E-state index >= 15 is 0 Å². The van der Waals surface area contributed by atoms with Crippen molar-refractivity contribution in [3.05, 3.63) is 41.9 Å². The summed E-state index contributed by atoms with van der Waals surface area (Å²) in [4.78, 5) is 4.30. The van der Waals surface area contributed by atoms with Crippen molar-refractivity contribution in [2.75, 3.05) is 5.32 Å². The summed E-state index contributed by atoms with van der Waals surface area (Å²) >= 11 is 0. The average molecular weight is 202 g/mol. The molecule has 0 bridgehead atoms. The van der Waals surface area contributed by atoms with Gasteiger partial charge in [-0.05, 0) is 18.6 Å². The van der Waals surface area contributed by atoms with E-state index in [4.69, 9.17) is 0 Å². The predicted octanol–water partition coefficient (Wildman–Crippen LogP) is 1.74. The Hall–Kier alpha value is -1.84. The molecule has 2 aromatic rings. The van der Waals surface area contributed by atoms with Crippen LogP contribution in [0.5, 0.6) is 0 Å². The lowest BCUT2D eigenvalue weighted by molar-refractivity contribution is 0.767. The first kappa shape index (κ1) is 9.71. The van der Waals surface area contributed by atoms with Crippen LogP contribution in [-0.4, -0.2) is 14.8 Å². The van der Waals surface area contributed by atoms with Crippen LogP contribution in [0.25, 0.3) is 0 Å². The van der Waals surface area contributed by atoms with E-state index < -0.39 is 0 Å². The fourth-order valence-electron chi connectivity index (χ4n) is 1.39. The highest BCUT2D eigenvalue weighted by Gasteiger charge is 1.99. The minimum Gasteiger partial charge on any atom is -0.363 e. The van der Waals surface area contributed by atoms with E-state index in [1.54, 1.807) is 4.68 Å².